The predicted molar refractivity (Wildman–Crippen MR) is 121 cm³/mol. The molecule has 4 aromatic rings. The summed E-state index contributed by atoms with van der Waals surface area (Å²) in [5.74, 6) is -1.26. The molecule has 0 bridgehead atoms. The minimum atomic E-state index is -0.889. The molecule has 6 heteroatoms. The number of carbonyl (C=O) groups is 2. The molecular weight excluding hydrogens is 402 g/mol. The highest BCUT2D eigenvalue weighted by molar-refractivity contribution is 6.26. The molecule has 0 unspecified atom stereocenters. The van der Waals surface area contributed by atoms with Gasteiger partial charge >= 0.3 is 0 Å². The average Bonchev–Trinajstić information content (AvgIpc) is 3.36. The summed E-state index contributed by atoms with van der Waals surface area (Å²) >= 11 is 0. The van der Waals surface area contributed by atoms with Crippen molar-refractivity contribution in [2.24, 2.45) is 5.92 Å². The molecule has 2 saturated heterocycles. The highest BCUT2D eigenvalue weighted by atomic mass is 16.7. The molecule has 6 rings (SSSR count). The quantitative estimate of drug-likeness (QED) is 0.462. The number of amides is 2. The zero-order valence-electron chi connectivity index (χ0n) is 17.0. The lowest BCUT2D eigenvalue weighted by Crippen LogP contribution is -2.37. The average molecular weight is 421 g/mol. The molecule has 2 aliphatic heterocycles. The Kier molecular flexibility index (Phi) is 4.26. The molecular formula is C26H19N3O3. The van der Waals surface area contributed by atoms with Crippen molar-refractivity contribution in [3.8, 4) is 0 Å². The van der Waals surface area contributed by atoms with Gasteiger partial charge in [0.05, 0.1) is 17.4 Å². The van der Waals surface area contributed by atoms with Crippen molar-refractivity contribution in [3.63, 3.8) is 0 Å². The van der Waals surface area contributed by atoms with Gasteiger partial charge in [0.1, 0.15) is 5.92 Å². The molecule has 0 radical (unpaired) electrons. The molecule has 0 saturated carbocycles. The summed E-state index contributed by atoms with van der Waals surface area (Å²) in [5, 5.41) is 3.53. The third-order valence-corrected chi connectivity index (χ3v) is 6.18. The van der Waals surface area contributed by atoms with E-state index >= 15 is 0 Å². The van der Waals surface area contributed by atoms with Crippen LogP contribution in [0.2, 0.25) is 0 Å². The first-order valence-corrected chi connectivity index (χ1v) is 10.5. The van der Waals surface area contributed by atoms with Gasteiger partial charge in [-0.15, -0.1) is 0 Å². The van der Waals surface area contributed by atoms with Crippen LogP contribution < -0.4 is 9.96 Å². The smallest absolute Gasteiger partial charge is 0.266 e. The number of hydrogen-bond donors (Lipinski definition) is 0. The van der Waals surface area contributed by atoms with E-state index in [1.165, 1.54) is 4.90 Å². The van der Waals surface area contributed by atoms with Crippen molar-refractivity contribution in [2.45, 2.75) is 12.1 Å². The first-order valence-electron chi connectivity index (χ1n) is 10.5. The number of rotatable bonds is 3. The van der Waals surface area contributed by atoms with E-state index in [1.807, 2.05) is 84.9 Å². The van der Waals surface area contributed by atoms with Crippen LogP contribution in [0.15, 0.2) is 97.3 Å². The van der Waals surface area contributed by atoms with E-state index in [4.69, 9.17) is 4.84 Å². The normalized spacial score (nSPS) is 22.6. The molecule has 2 aliphatic rings. The summed E-state index contributed by atoms with van der Waals surface area (Å²) in [5.41, 5.74) is 2.26. The fourth-order valence-corrected chi connectivity index (χ4v) is 4.75. The van der Waals surface area contributed by atoms with Gasteiger partial charge in [0.15, 0.2) is 6.10 Å². The summed E-state index contributed by atoms with van der Waals surface area (Å²) in [6, 6.07) is 26.2. The van der Waals surface area contributed by atoms with E-state index in [1.54, 1.807) is 17.5 Å². The molecule has 2 fully saturated rings. The van der Waals surface area contributed by atoms with Crippen LogP contribution in [0.3, 0.4) is 0 Å². The van der Waals surface area contributed by atoms with E-state index in [0.717, 1.165) is 22.0 Å². The van der Waals surface area contributed by atoms with E-state index in [0.29, 0.717) is 5.69 Å². The molecule has 0 spiro atoms. The van der Waals surface area contributed by atoms with Crippen LogP contribution in [-0.2, 0) is 14.4 Å². The Labute approximate surface area is 184 Å². The molecule has 1 aromatic heterocycles. The van der Waals surface area contributed by atoms with Crippen LogP contribution >= 0.6 is 0 Å². The Bertz CT molecular complexity index is 1320. The van der Waals surface area contributed by atoms with E-state index in [-0.39, 0.29) is 11.8 Å². The van der Waals surface area contributed by atoms with Crippen molar-refractivity contribution < 1.29 is 14.4 Å². The second-order valence-corrected chi connectivity index (χ2v) is 7.95. The van der Waals surface area contributed by atoms with Crippen LogP contribution in [0.25, 0.3) is 10.8 Å². The molecule has 3 atom stereocenters. The molecule has 0 aliphatic carbocycles. The largest absolute Gasteiger partial charge is 0.273 e. The number of benzene rings is 3. The number of para-hydroxylation sites is 1. The number of imide groups is 1. The van der Waals surface area contributed by atoms with Crippen molar-refractivity contribution in [1.82, 2.24) is 4.98 Å². The first kappa shape index (κ1) is 18.7. The summed E-state index contributed by atoms with van der Waals surface area (Å²) in [6.07, 6.45) is 2.49. The summed E-state index contributed by atoms with van der Waals surface area (Å²) in [4.78, 5) is 38.9. The standard InChI is InChI=1S/C26H19N3O3/c30-25-22-23(18-13-15-27-16-14-18)29(19-9-2-1-3-10-19)32-24(22)26(31)28(25)21-12-6-8-17-7-4-5-11-20(17)21/h1-16,22-24H/t22-,23+,24+/m0/s1. The van der Waals surface area contributed by atoms with Gasteiger partial charge in [-0.25, -0.2) is 9.96 Å². The van der Waals surface area contributed by atoms with E-state index in [2.05, 4.69) is 4.98 Å². The second-order valence-electron chi connectivity index (χ2n) is 7.95. The maximum Gasteiger partial charge on any atom is 0.266 e. The van der Waals surface area contributed by atoms with Gasteiger partial charge in [-0.1, -0.05) is 54.6 Å². The third-order valence-electron chi connectivity index (χ3n) is 6.18. The molecule has 2 amide bonds. The minimum absolute atomic E-state index is 0.253. The number of anilines is 2. The summed E-state index contributed by atoms with van der Waals surface area (Å²) in [7, 11) is 0. The first-order chi connectivity index (χ1) is 15.7. The van der Waals surface area contributed by atoms with Crippen molar-refractivity contribution in [1.29, 1.82) is 0 Å². The highest BCUT2D eigenvalue weighted by Crippen LogP contribution is 2.48. The topological polar surface area (TPSA) is 62.7 Å². The Morgan fingerprint density at radius 3 is 2.28 bits per heavy atom. The summed E-state index contributed by atoms with van der Waals surface area (Å²) < 4.78 is 0. The van der Waals surface area contributed by atoms with E-state index < -0.39 is 18.1 Å². The number of nitrogens with zero attached hydrogens (tertiary/aromatic N) is 3. The lowest BCUT2D eigenvalue weighted by atomic mass is 9.91. The summed E-state index contributed by atoms with van der Waals surface area (Å²) in [6.45, 7) is 0. The Hall–Kier alpha value is -4.03. The van der Waals surface area contributed by atoms with Gasteiger partial charge in [0.25, 0.3) is 5.91 Å². The lowest BCUT2D eigenvalue weighted by molar-refractivity contribution is -0.126. The maximum atomic E-state index is 13.8. The third kappa shape index (κ3) is 2.73. The Morgan fingerprint density at radius 1 is 0.750 bits per heavy atom. The van der Waals surface area contributed by atoms with Crippen LogP contribution in [-0.4, -0.2) is 22.9 Å². The Morgan fingerprint density at radius 2 is 1.47 bits per heavy atom. The van der Waals surface area contributed by atoms with Crippen LogP contribution in [0.4, 0.5) is 11.4 Å². The molecule has 3 heterocycles. The highest BCUT2D eigenvalue weighted by Gasteiger charge is 2.60. The number of carbonyl (C=O) groups excluding carboxylic acids is 2. The van der Waals surface area contributed by atoms with Crippen molar-refractivity contribution in [2.75, 3.05) is 9.96 Å². The van der Waals surface area contributed by atoms with Crippen molar-refractivity contribution in [3.05, 3.63) is 103 Å². The van der Waals surface area contributed by atoms with Crippen LogP contribution in [0.5, 0.6) is 0 Å². The number of hydrogen-bond acceptors (Lipinski definition) is 5. The number of hydroxylamine groups is 1. The molecule has 0 N–H and O–H groups in total. The number of fused-ring (bicyclic) bond motifs is 2. The van der Waals surface area contributed by atoms with E-state index in [9.17, 15) is 9.59 Å². The SMILES string of the molecule is O=C1[C@H]2[C@@H](c3ccncc3)N(c3ccccc3)O[C@H]2C(=O)N1c1cccc2ccccc12. The van der Waals surface area contributed by atoms with Gasteiger partial charge in [-0.2, -0.15) is 0 Å². The molecule has 6 nitrogen and oxygen atoms in total. The van der Waals surface area contributed by atoms with Crippen molar-refractivity contribution >= 4 is 34.0 Å². The van der Waals surface area contributed by atoms with Crippen LogP contribution in [0, 0.1) is 5.92 Å². The van der Waals surface area contributed by atoms with Gasteiger partial charge in [0.2, 0.25) is 5.91 Å². The van der Waals surface area contributed by atoms with Crippen LogP contribution in [0.1, 0.15) is 11.6 Å². The second kappa shape index (κ2) is 7.28. The fraction of sp³-hybridized carbons (Fsp3) is 0.115. The fourth-order valence-electron chi connectivity index (χ4n) is 4.75. The molecule has 3 aromatic carbocycles. The monoisotopic (exact) mass is 421 g/mol. The Balaban J connectivity index is 1.47. The van der Waals surface area contributed by atoms with Gasteiger partial charge in [0, 0.05) is 17.8 Å². The zero-order chi connectivity index (χ0) is 21.7. The predicted octanol–water partition coefficient (Wildman–Crippen LogP) is 4.29. The number of pyridine rings is 1. The maximum absolute atomic E-state index is 13.8. The minimum Gasteiger partial charge on any atom is -0.273 e. The molecule has 32 heavy (non-hydrogen) atoms. The molecule has 156 valence electrons. The zero-order valence-corrected chi connectivity index (χ0v) is 17.0. The van der Waals surface area contributed by atoms with Gasteiger partial charge in [-0.3, -0.25) is 19.4 Å². The number of aromatic nitrogens is 1. The van der Waals surface area contributed by atoms with Gasteiger partial charge < -0.3 is 0 Å². The lowest BCUT2D eigenvalue weighted by Gasteiger charge is -2.28. The van der Waals surface area contributed by atoms with Gasteiger partial charge in [-0.05, 0) is 41.3 Å².